The summed E-state index contributed by atoms with van der Waals surface area (Å²) in [6, 6.07) is 12.4. The maximum atomic E-state index is 13.7. The van der Waals surface area contributed by atoms with Crippen LogP contribution in [0.15, 0.2) is 71.0 Å². The van der Waals surface area contributed by atoms with Crippen LogP contribution in [0.3, 0.4) is 0 Å². The van der Waals surface area contributed by atoms with Gasteiger partial charge in [0.2, 0.25) is 0 Å². The van der Waals surface area contributed by atoms with Gasteiger partial charge in [0.05, 0.1) is 13.2 Å². The summed E-state index contributed by atoms with van der Waals surface area (Å²) in [5.41, 5.74) is 3.72. The highest BCUT2D eigenvalue weighted by Gasteiger charge is 2.17. The zero-order valence-corrected chi connectivity index (χ0v) is 21.7. The summed E-state index contributed by atoms with van der Waals surface area (Å²) in [5.74, 6) is -0.569. The average molecular weight is 533 g/mol. The number of halogens is 1. The van der Waals surface area contributed by atoms with E-state index in [2.05, 4.69) is 38.2 Å². The first-order valence-corrected chi connectivity index (χ1v) is 13.9. The molecule has 0 saturated carbocycles. The molecule has 3 aromatic heterocycles. The lowest BCUT2D eigenvalue weighted by molar-refractivity contribution is 0.0364. The highest BCUT2D eigenvalue weighted by Crippen LogP contribution is 2.34. The molecule has 1 fully saturated rings. The Bertz CT molecular complexity index is 1520. The Hall–Kier alpha value is -3.37. The van der Waals surface area contributed by atoms with E-state index in [-0.39, 0.29) is 11.7 Å². The van der Waals surface area contributed by atoms with Gasteiger partial charge in [-0.15, -0.1) is 11.3 Å². The van der Waals surface area contributed by atoms with Gasteiger partial charge in [-0.2, -0.15) is 11.3 Å². The van der Waals surface area contributed by atoms with E-state index in [9.17, 15) is 9.18 Å². The maximum absolute atomic E-state index is 13.7. The number of benzene rings is 2. The topological polar surface area (TPSA) is 59.4 Å². The Balaban J connectivity index is 1.30. The molecule has 6 nitrogen and oxygen atoms in total. The second kappa shape index (κ2) is 10.5. The van der Waals surface area contributed by atoms with Crippen LogP contribution in [0.5, 0.6) is 0 Å². The molecule has 0 spiro atoms. The van der Waals surface area contributed by atoms with E-state index < -0.39 is 0 Å². The predicted molar refractivity (Wildman–Crippen MR) is 148 cm³/mol. The Morgan fingerprint density at radius 2 is 1.78 bits per heavy atom. The molecule has 0 unspecified atom stereocenters. The minimum absolute atomic E-state index is 0.271. The summed E-state index contributed by atoms with van der Waals surface area (Å²) in [5, 5.41) is 11.8. The molecule has 2 aromatic carbocycles. The first-order chi connectivity index (χ1) is 18.1. The first kappa shape index (κ1) is 24.0. The number of fused-ring (bicyclic) bond motifs is 1. The summed E-state index contributed by atoms with van der Waals surface area (Å²) in [4.78, 5) is 20.2. The molecule has 1 amide bonds. The Morgan fingerprint density at radius 3 is 2.54 bits per heavy atom. The number of carbonyl (C=O) groups excluding carboxylic acids is 1. The minimum Gasteiger partial charge on any atom is -0.379 e. The number of ether oxygens (including phenoxy) is 1. The molecule has 1 N–H and O–H groups in total. The van der Waals surface area contributed by atoms with E-state index in [1.807, 2.05) is 22.9 Å². The molecular formula is C28H25FN4O2S2. The number of amides is 1. The fourth-order valence-electron chi connectivity index (χ4n) is 4.52. The molecule has 188 valence electrons. The molecule has 0 bridgehead atoms. The molecule has 37 heavy (non-hydrogen) atoms. The number of morpholine rings is 1. The lowest BCUT2D eigenvalue weighted by atomic mass is 10.0. The van der Waals surface area contributed by atoms with Crippen molar-refractivity contribution in [3.63, 3.8) is 0 Å². The summed E-state index contributed by atoms with van der Waals surface area (Å²) < 4.78 is 21.3. The predicted octanol–water partition coefficient (Wildman–Crippen LogP) is 6.22. The van der Waals surface area contributed by atoms with Crippen molar-refractivity contribution in [1.29, 1.82) is 0 Å². The van der Waals surface area contributed by atoms with Crippen LogP contribution in [0.4, 0.5) is 10.1 Å². The third kappa shape index (κ3) is 5.35. The summed E-state index contributed by atoms with van der Waals surface area (Å²) in [6.45, 7) is 5.30. The SMILES string of the molecule is O=C(Nc1cc2cn(CCN3CCOCC3)cc2cc1-c1ccc(F)cc1)c1csc(-c2ccsc2)n1. The molecular weight excluding hydrogens is 507 g/mol. The van der Waals surface area contributed by atoms with Crippen LogP contribution in [-0.2, 0) is 11.3 Å². The van der Waals surface area contributed by atoms with E-state index in [0.29, 0.717) is 11.4 Å². The summed E-state index contributed by atoms with van der Waals surface area (Å²) in [7, 11) is 0. The number of thiophene rings is 1. The van der Waals surface area contributed by atoms with Gasteiger partial charge < -0.3 is 14.6 Å². The van der Waals surface area contributed by atoms with E-state index in [4.69, 9.17) is 4.74 Å². The molecule has 1 aliphatic heterocycles. The van der Waals surface area contributed by atoms with Crippen molar-refractivity contribution in [2.24, 2.45) is 0 Å². The van der Waals surface area contributed by atoms with E-state index >= 15 is 0 Å². The van der Waals surface area contributed by atoms with Crippen LogP contribution in [-0.4, -0.2) is 53.2 Å². The van der Waals surface area contributed by atoms with Crippen molar-refractivity contribution in [2.75, 3.05) is 38.2 Å². The van der Waals surface area contributed by atoms with Crippen molar-refractivity contribution in [2.45, 2.75) is 6.54 Å². The largest absolute Gasteiger partial charge is 0.379 e. The molecule has 1 aliphatic rings. The van der Waals surface area contributed by atoms with Crippen LogP contribution in [0.25, 0.3) is 32.5 Å². The zero-order valence-electron chi connectivity index (χ0n) is 20.0. The molecule has 1 saturated heterocycles. The van der Waals surface area contributed by atoms with Crippen LogP contribution in [0.1, 0.15) is 10.5 Å². The third-order valence-electron chi connectivity index (χ3n) is 6.52. The van der Waals surface area contributed by atoms with E-state index in [1.165, 1.54) is 23.5 Å². The smallest absolute Gasteiger partial charge is 0.275 e. The van der Waals surface area contributed by atoms with Crippen molar-refractivity contribution >= 4 is 45.0 Å². The van der Waals surface area contributed by atoms with E-state index in [0.717, 1.165) is 71.9 Å². The number of carbonyl (C=O) groups is 1. The van der Waals surface area contributed by atoms with Gasteiger partial charge in [-0.05, 0) is 41.3 Å². The lowest BCUT2D eigenvalue weighted by Crippen LogP contribution is -2.38. The molecule has 4 heterocycles. The van der Waals surface area contributed by atoms with Crippen molar-refractivity contribution in [3.8, 4) is 21.7 Å². The highest BCUT2D eigenvalue weighted by atomic mass is 32.1. The van der Waals surface area contributed by atoms with Crippen molar-refractivity contribution in [1.82, 2.24) is 14.5 Å². The van der Waals surface area contributed by atoms with Gasteiger partial charge in [-0.3, -0.25) is 9.69 Å². The molecule has 5 aromatic rings. The first-order valence-electron chi connectivity index (χ1n) is 12.1. The molecule has 9 heteroatoms. The van der Waals surface area contributed by atoms with E-state index in [1.54, 1.807) is 28.8 Å². The highest BCUT2D eigenvalue weighted by molar-refractivity contribution is 7.14. The van der Waals surface area contributed by atoms with Gasteiger partial charge in [0.1, 0.15) is 16.5 Å². The number of aromatic nitrogens is 2. The van der Waals surface area contributed by atoms with Gasteiger partial charge in [-0.1, -0.05) is 12.1 Å². The van der Waals surface area contributed by atoms with Crippen LogP contribution in [0.2, 0.25) is 0 Å². The number of thiazole rings is 1. The number of nitrogens with one attached hydrogen (secondary N) is 1. The van der Waals surface area contributed by atoms with Crippen molar-refractivity contribution in [3.05, 3.63) is 82.5 Å². The van der Waals surface area contributed by atoms with Gasteiger partial charge in [-0.25, -0.2) is 9.37 Å². The van der Waals surface area contributed by atoms with Crippen LogP contribution in [0, 0.1) is 5.82 Å². The number of nitrogens with zero attached hydrogens (tertiary/aromatic N) is 3. The van der Waals surface area contributed by atoms with Crippen molar-refractivity contribution < 1.29 is 13.9 Å². The molecule has 0 atom stereocenters. The number of hydrogen-bond donors (Lipinski definition) is 1. The maximum Gasteiger partial charge on any atom is 0.275 e. The fourth-order valence-corrected chi connectivity index (χ4v) is 6.03. The van der Waals surface area contributed by atoms with Gasteiger partial charge in [0, 0.05) is 76.9 Å². The standard InChI is InChI=1S/C28H25FN4O2S2/c29-23-3-1-19(2-4-23)24-13-21-15-33(7-6-32-8-10-35-11-9-32)16-22(21)14-25(24)30-27(34)26-18-37-28(31-26)20-5-12-36-17-20/h1-5,12-18H,6-11H2,(H,30,34). The quantitative estimate of drug-likeness (QED) is 0.271. The Morgan fingerprint density at radius 1 is 1.00 bits per heavy atom. The minimum atomic E-state index is -0.298. The third-order valence-corrected chi connectivity index (χ3v) is 8.09. The number of hydrogen-bond acceptors (Lipinski definition) is 6. The number of rotatable bonds is 7. The van der Waals surface area contributed by atoms with Crippen LogP contribution < -0.4 is 5.32 Å². The average Bonchev–Trinajstić information content (AvgIpc) is 3.69. The lowest BCUT2D eigenvalue weighted by Gasteiger charge is -2.26. The normalized spacial score (nSPS) is 14.3. The van der Waals surface area contributed by atoms with Gasteiger partial charge in [0.25, 0.3) is 5.91 Å². The fraction of sp³-hybridized carbons (Fsp3) is 0.214. The summed E-state index contributed by atoms with van der Waals surface area (Å²) in [6.07, 6.45) is 4.24. The molecule has 0 aliphatic carbocycles. The summed E-state index contributed by atoms with van der Waals surface area (Å²) >= 11 is 3.05. The Kier molecular flexibility index (Phi) is 6.84. The second-order valence-corrected chi connectivity index (χ2v) is 10.6. The molecule has 0 radical (unpaired) electrons. The van der Waals surface area contributed by atoms with Gasteiger partial charge >= 0.3 is 0 Å². The Labute approximate surface area is 222 Å². The van der Waals surface area contributed by atoms with Crippen LogP contribution >= 0.6 is 22.7 Å². The second-order valence-electron chi connectivity index (χ2n) is 8.99. The monoisotopic (exact) mass is 532 g/mol. The molecule has 6 rings (SSSR count). The number of anilines is 1. The van der Waals surface area contributed by atoms with Gasteiger partial charge in [0.15, 0.2) is 0 Å². The zero-order chi connectivity index (χ0) is 25.2.